The van der Waals surface area contributed by atoms with E-state index >= 15 is 0 Å². The van der Waals surface area contributed by atoms with Gasteiger partial charge in [-0.3, -0.25) is 0 Å². The van der Waals surface area contributed by atoms with Crippen LogP contribution in [-0.2, 0) is 4.74 Å². The number of aliphatic hydroxyl groups excluding tert-OH is 1. The van der Waals surface area contributed by atoms with Crippen LogP contribution >= 0.6 is 0 Å². The van der Waals surface area contributed by atoms with E-state index in [4.69, 9.17) is 9.84 Å². The van der Waals surface area contributed by atoms with Gasteiger partial charge in [-0.1, -0.05) is 6.92 Å². The number of aliphatic hydroxyl groups is 1. The van der Waals surface area contributed by atoms with Crippen LogP contribution in [0.4, 0.5) is 4.79 Å². The number of rotatable bonds is 8. The number of carbonyl (C=O) groups is 1. The summed E-state index contributed by atoms with van der Waals surface area (Å²) in [5.41, 5.74) is -0.746. The summed E-state index contributed by atoms with van der Waals surface area (Å²) in [6, 6.07) is 0. The van der Waals surface area contributed by atoms with Gasteiger partial charge >= 0.3 is 6.09 Å². The summed E-state index contributed by atoms with van der Waals surface area (Å²) in [5.74, 6) is 0.356. The smallest absolute Gasteiger partial charge is 0.410 e. The Balaban J connectivity index is 4.20. The predicted octanol–water partition coefficient (Wildman–Crippen LogP) is 3.02. The van der Waals surface area contributed by atoms with Gasteiger partial charge in [0.2, 0.25) is 0 Å². The SMILES string of the molecule is CC(CO)CCCNCCN(C(=O)OC(C)(C)C)C(C)(C)C. The lowest BCUT2D eigenvalue weighted by atomic mass is 10.1. The molecule has 0 rings (SSSR count). The first-order chi connectivity index (χ1) is 9.97. The summed E-state index contributed by atoms with van der Waals surface area (Å²) in [6.45, 7) is 16.2. The molecule has 0 bridgehead atoms. The normalized spacial score (nSPS) is 13.8. The summed E-state index contributed by atoms with van der Waals surface area (Å²) in [7, 11) is 0. The van der Waals surface area contributed by atoms with Gasteiger partial charge in [0.25, 0.3) is 0 Å². The van der Waals surface area contributed by atoms with E-state index in [2.05, 4.69) is 5.32 Å². The van der Waals surface area contributed by atoms with Crippen molar-refractivity contribution in [3.63, 3.8) is 0 Å². The molecule has 0 aromatic carbocycles. The van der Waals surface area contributed by atoms with Gasteiger partial charge in [-0.2, -0.15) is 0 Å². The van der Waals surface area contributed by atoms with Crippen LogP contribution in [0.5, 0.6) is 0 Å². The van der Waals surface area contributed by atoms with Crippen molar-refractivity contribution in [2.75, 3.05) is 26.2 Å². The van der Waals surface area contributed by atoms with E-state index in [9.17, 15) is 4.79 Å². The Morgan fingerprint density at radius 1 is 1.18 bits per heavy atom. The van der Waals surface area contributed by atoms with Gasteiger partial charge in [0.15, 0.2) is 0 Å². The van der Waals surface area contributed by atoms with Crippen LogP contribution in [0.15, 0.2) is 0 Å². The van der Waals surface area contributed by atoms with Crippen LogP contribution < -0.4 is 5.32 Å². The van der Waals surface area contributed by atoms with Gasteiger partial charge in [0.1, 0.15) is 5.60 Å². The van der Waals surface area contributed by atoms with Gasteiger partial charge in [0.05, 0.1) is 0 Å². The first-order valence-corrected chi connectivity index (χ1v) is 8.29. The van der Waals surface area contributed by atoms with E-state index in [1.807, 2.05) is 48.5 Å². The Hall–Kier alpha value is -0.810. The predicted molar refractivity (Wildman–Crippen MR) is 91.0 cm³/mol. The van der Waals surface area contributed by atoms with Crippen molar-refractivity contribution < 1.29 is 14.6 Å². The Kier molecular flexibility index (Phi) is 9.01. The summed E-state index contributed by atoms with van der Waals surface area (Å²) in [5, 5.41) is 12.3. The third-order valence-corrected chi connectivity index (χ3v) is 3.30. The molecule has 5 heteroatoms. The largest absolute Gasteiger partial charge is 0.444 e. The average molecular weight is 316 g/mol. The molecule has 1 amide bonds. The highest BCUT2D eigenvalue weighted by molar-refractivity contribution is 5.69. The lowest BCUT2D eigenvalue weighted by Gasteiger charge is -2.37. The van der Waals surface area contributed by atoms with Gasteiger partial charge in [-0.25, -0.2) is 4.79 Å². The van der Waals surface area contributed by atoms with Gasteiger partial charge in [-0.05, 0) is 66.8 Å². The minimum absolute atomic E-state index is 0.246. The van der Waals surface area contributed by atoms with Crippen molar-refractivity contribution in [2.45, 2.75) is 72.4 Å². The number of nitrogens with one attached hydrogen (secondary N) is 1. The molecule has 0 aromatic rings. The molecule has 0 spiro atoms. The molecule has 0 aliphatic rings. The molecule has 132 valence electrons. The van der Waals surface area contributed by atoms with Crippen molar-refractivity contribution in [2.24, 2.45) is 5.92 Å². The van der Waals surface area contributed by atoms with Crippen molar-refractivity contribution >= 4 is 6.09 Å². The minimum Gasteiger partial charge on any atom is -0.444 e. The van der Waals surface area contributed by atoms with Crippen molar-refractivity contribution in [3.05, 3.63) is 0 Å². The molecule has 1 atom stereocenters. The van der Waals surface area contributed by atoms with Crippen molar-refractivity contribution in [1.29, 1.82) is 0 Å². The summed E-state index contributed by atoms with van der Waals surface area (Å²) < 4.78 is 5.48. The Morgan fingerprint density at radius 2 is 1.77 bits per heavy atom. The topological polar surface area (TPSA) is 61.8 Å². The van der Waals surface area contributed by atoms with E-state index in [0.29, 0.717) is 12.5 Å². The van der Waals surface area contributed by atoms with Crippen molar-refractivity contribution in [1.82, 2.24) is 10.2 Å². The highest BCUT2D eigenvalue weighted by Crippen LogP contribution is 2.17. The molecule has 0 radical (unpaired) electrons. The molecule has 0 fully saturated rings. The zero-order valence-corrected chi connectivity index (χ0v) is 15.5. The summed E-state index contributed by atoms with van der Waals surface area (Å²) in [6.07, 6.45) is 1.78. The molecular formula is C17H36N2O3. The van der Waals surface area contributed by atoms with Crippen LogP contribution in [0.2, 0.25) is 0 Å². The molecule has 0 aliphatic carbocycles. The molecule has 0 aromatic heterocycles. The maximum atomic E-state index is 12.3. The Bertz CT molecular complexity index is 319. The van der Waals surface area contributed by atoms with E-state index in [1.165, 1.54) is 0 Å². The zero-order valence-electron chi connectivity index (χ0n) is 15.5. The molecule has 0 saturated heterocycles. The molecule has 0 aliphatic heterocycles. The first-order valence-electron chi connectivity index (χ1n) is 8.29. The lowest BCUT2D eigenvalue weighted by Crippen LogP contribution is -2.50. The quantitative estimate of drug-likeness (QED) is 0.676. The van der Waals surface area contributed by atoms with Crippen LogP contribution in [0.25, 0.3) is 0 Å². The Labute approximate surface area is 136 Å². The second kappa shape index (κ2) is 9.36. The number of nitrogens with zero attached hydrogens (tertiary/aromatic N) is 1. The number of amides is 1. The fourth-order valence-electron chi connectivity index (χ4n) is 2.00. The molecule has 1 unspecified atom stereocenters. The fourth-order valence-corrected chi connectivity index (χ4v) is 2.00. The zero-order chi connectivity index (χ0) is 17.4. The highest BCUT2D eigenvalue weighted by atomic mass is 16.6. The number of ether oxygens (including phenoxy) is 1. The number of hydrogen-bond acceptors (Lipinski definition) is 4. The molecule has 5 nitrogen and oxygen atoms in total. The number of hydrogen-bond donors (Lipinski definition) is 2. The van der Waals surface area contributed by atoms with Crippen LogP contribution in [0, 0.1) is 5.92 Å². The molecule has 2 N–H and O–H groups in total. The van der Waals surface area contributed by atoms with Gasteiger partial charge in [-0.15, -0.1) is 0 Å². The molecule has 0 heterocycles. The van der Waals surface area contributed by atoms with Gasteiger partial charge < -0.3 is 20.1 Å². The van der Waals surface area contributed by atoms with Crippen LogP contribution in [0.3, 0.4) is 0 Å². The van der Waals surface area contributed by atoms with E-state index in [1.54, 1.807) is 4.90 Å². The number of carbonyl (C=O) groups excluding carboxylic acids is 1. The third-order valence-electron chi connectivity index (χ3n) is 3.30. The molecule has 0 saturated carbocycles. The van der Waals surface area contributed by atoms with E-state index in [-0.39, 0.29) is 18.2 Å². The maximum Gasteiger partial charge on any atom is 0.410 e. The fraction of sp³-hybridized carbons (Fsp3) is 0.941. The van der Waals surface area contributed by atoms with Crippen LogP contribution in [0.1, 0.15) is 61.3 Å². The first kappa shape index (κ1) is 21.2. The third kappa shape index (κ3) is 10.0. The molecular weight excluding hydrogens is 280 g/mol. The standard InChI is InChI=1S/C17H36N2O3/c1-14(13-20)9-8-10-18-11-12-19(16(2,3)4)15(21)22-17(5,6)7/h14,18,20H,8-13H2,1-7H3. The summed E-state index contributed by atoms with van der Waals surface area (Å²) >= 11 is 0. The summed E-state index contributed by atoms with van der Waals surface area (Å²) in [4.78, 5) is 14.1. The van der Waals surface area contributed by atoms with Crippen molar-refractivity contribution in [3.8, 4) is 0 Å². The maximum absolute atomic E-state index is 12.3. The highest BCUT2D eigenvalue weighted by Gasteiger charge is 2.30. The van der Waals surface area contributed by atoms with Gasteiger partial charge in [0, 0.05) is 25.2 Å². The minimum atomic E-state index is -0.478. The lowest BCUT2D eigenvalue weighted by molar-refractivity contribution is 0.00665. The van der Waals surface area contributed by atoms with E-state index in [0.717, 1.165) is 25.9 Å². The average Bonchev–Trinajstić information content (AvgIpc) is 2.33. The second-order valence-electron chi connectivity index (χ2n) is 7.98. The van der Waals surface area contributed by atoms with Crippen LogP contribution in [-0.4, -0.2) is 53.5 Å². The van der Waals surface area contributed by atoms with E-state index < -0.39 is 5.60 Å². The Morgan fingerprint density at radius 3 is 2.23 bits per heavy atom. The molecule has 22 heavy (non-hydrogen) atoms. The monoisotopic (exact) mass is 316 g/mol. The second-order valence-corrected chi connectivity index (χ2v) is 7.98.